The molecule has 2 rings (SSSR count). The molecule has 1 N–H and O–H groups in total. The molecular formula is C12H20N4OS. The molecule has 18 heavy (non-hydrogen) atoms. The van der Waals surface area contributed by atoms with E-state index >= 15 is 0 Å². The Hall–Kier alpha value is -1.01. The first-order valence-electron chi connectivity index (χ1n) is 6.15. The van der Waals surface area contributed by atoms with Crippen LogP contribution < -0.4 is 10.2 Å². The Labute approximate surface area is 112 Å². The summed E-state index contributed by atoms with van der Waals surface area (Å²) in [4.78, 5) is 11.3. The lowest BCUT2D eigenvalue weighted by molar-refractivity contribution is 0.0818. The van der Waals surface area contributed by atoms with Crippen LogP contribution in [0.2, 0.25) is 0 Å². The molecule has 1 fully saturated rings. The summed E-state index contributed by atoms with van der Waals surface area (Å²) in [5.41, 5.74) is 0. The van der Waals surface area contributed by atoms with Crippen LogP contribution in [0.4, 0.5) is 11.6 Å². The average Bonchev–Trinajstić information content (AvgIpc) is 2.46. The van der Waals surface area contributed by atoms with Gasteiger partial charge < -0.3 is 15.0 Å². The van der Waals surface area contributed by atoms with Crippen molar-refractivity contribution < 1.29 is 4.74 Å². The average molecular weight is 268 g/mol. The lowest BCUT2D eigenvalue weighted by Crippen LogP contribution is -2.37. The van der Waals surface area contributed by atoms with Crippen molar-refractivity contribution in [1.29, 1.82) is 0 Å². The highest BCUT2D eigenvalue weighted by Crippen LogP contribution is 2.23. The fourth-order valence-corrected chi connectivity index (χ4v) is 2.49. The third kappa shape index (κ3) is 3.05. The van der Waals surface area contributed by atoms with Gasteiger partial charge in [0.15, 0.2) is 5.16 Å². The molecule has 100 valence electrons. The van der Waals surface area contributed by atoms with Gasteiger partial charge in [0, 0.05) is 33.3 Å². The van der Waals surface area contributed by atoms with Gasteiger partial charge in [0.25, 0.3) is 0 Å². The summed E-state index contributed by atoms with van der Waals surface area (Å²) < 4.78 is 5.39. The van der Waals surface area contributed by atoms with Crippen molar-refractivity contribution in [3.05, 3.63) is 6.07 Å². The van der Waals surface area contributed by atoms with Crippen LogP contribution in [0.15, 0.2) is 11.2 Å². The molecule has 0 saturated carbocycles. The monoisotopic (exact) mass is 268 g/mol. The fourth-order valence-electron chi connectivity index (χ4n) is 2.11. The molecule has 0 spiro atoms. The fraction of sp³-hybridized carbons (Fsp3) is 0.667. The number of aromatic nitrogens is 2. The third-order valence-corrected chi connectivity index (χ3v) is 3.78. The molecule has 0 aromatic carbocycles. The van der Waals surface area contributed by atoms with E-state index in [-0.39, 0.29) is 0 Å². The summed E-state index contributed by atoms with van der Waals surface area (Å²) in [6, 6.07) is 2.01. The quantitative estimate of drug-likeness (QED) is 0.664. The molecule has 0 radical (unpaired) electrons. The molecule has 0 amide bonds. The largest absolute Gasteiger partial charge is 0.381 e. The lowest BCUT2D eigenvalue weighted by Gasteiger charge is -2.32. The van der Waals surface area contributed by atoms with Crippen LogP contribution in [0, 0.1) is 0 Å². The zero-order chi connectivity index (χ0) is 13.0. The van der Waals surface area contributed by atoms with Gasteiger partial charge in [-0.05, 0) is 19.1 Å². The summed E-state index contributed by atoms with van der Waals surface area (Å²) in [5, 5.41) is 3.90. The zero-order valence-electron chi connectivity index (χ0n) is 11.1. The number of rotatable bonds is 4. The smallest absolute Gasteiger partial charge is 0.191 e. The van der Waals surface area contributed by atoms with Gasteiger partial charge in [-0.1, -0.05) is 11.8 Å². The van der Waals surface area contributed by atoms with Gasteiger partial charge in [-0.25, -0.2) is 9.97 Å². The predicted molar refractivity (Wildman–Crippen MR) is 75.6 cm³/mol. The number of anilines is 2. The highest BCUT2D eigenvalue weighted by molar-refractivity contribution is 7.98. The molecule has 1 aromatic rings. The van der Waals surface area contributed by atoms with E-state index in [1.165, 1.54) is 0 Å². The summed E-state index contributed by atoms with van der Waals surface area (Å²) in [6.07, 6.45) is 4.51. The zero-order valence-corrected chi connectivity index (χ0v) is 12.0. The topological polar surface area (TPSA) is 50.3 Å². The number of ether oxygens (including phenoxy) is 1. The van der Waals surface area contributed by atoms with Crippen molar-refractivity contribution >= 4 is 23.4 Å². The summed E-state index contributed by atoms with van der Waals surface area (Å²) in [6.45, 7) is 1.99. The van der Waals surface area contributed by atoms with Gasteiger partial charge in [0.2, 0.25) is 0 Å². The van der Waals surface area contributed by atoms with Gasteiger partial charge >= 0.3 is 0 Å². The summed E-state index contributed by atoms with van der Waals surface area (Å²) in [7, 11) is 3.67. The molecule has 6 heteroatoms. The van der Waals surface area contributed by atoms with Crippen molar-refractivity contribution in [2.45, 2.75) is 24.1 Å². The number of hydrogen-bond acceptors (Lipinski definition) is 6. The van der Waals surface area contributed by atoms with E-state index in [1.807, 2.05) is 19.4 Å². The molecule has 0 aliphatic carbocycles. The first kappa shape index (κ1) is 13.4. The molecule has 1 aliphatic rings. The second-order valence-corrected chi connectivity index (χ2v) is 5.04. The van der Waals surface area contributed by atoms with E-state index in [4.69, 9.17) is 4.74 Å². The predicted octanol–water partition coefficient (Wildman–Crippen LogP) is 1.86. The molecule has 0 unspecified atom stereocenters. The van der Waals surface area contributed by atoms with Crippen LogP contribution in [0.25, 0.3) is 0 Å². The van der Waals surface area contributed by atoms with Crippen molar-refractivity contribution in [2.75, 3.05) is 43.7 Å². The van der Waals surface area contributed by atoms with Gasteiger partial charge in [-0.2, -0.15) is 0 Å². The highest BCUT2D eigenvalue weighted by atomic mass is 32.2. The van der Waals surface area contributed by atoms with Gasteiger partial charge in [-0.3, -0.25) is 0 Å². The Bertz CT molecular complexity index is 371. The minimum atomic E-state index is 0.395. The second-order valence-electron chi connectivity index (χ2n) is 4.27. The molecule has 1 aliphatic heterocycles. The molecule has 1 aromatic heterocycles. The van der Waals surface area contributed by atoms with E-state index in [0.717, 1.165) is 42.7 Å². The Morgan fingerprint density at radius 3 is 2.67 bits per heavy atom. The number of nitrogens with zero attached hydrogens (tertiary/aromatic N) is 3. The Kier molecular flexibility index (Phi) is 4.66. The molecular weight excluding hydrogens is 248 g/mol. The maximum absolute atomic E-state index is 5.39. The van der Waals surface area contributed by atoms with Crippen LogP contribution in [0.5, 0.6) is 0 Å². The first-order chi connectivity index (χ1) is 8.76. The maximum atomic E-state index is 5.39. The molecule has 0 atom stereocenters. The standard InChI is InChI=1S/C12H20N4OS/c1-13-10-8-11(15-12(14-10)18-3)16-6-4-9(17-2)5-7-16/h8-9H,4-7H2,1-3H3,(H,13,14,15). The van der Waals surface area contributed by atoms with E-state index in [9.17, 15) is 0 Å². The van der Waals surface area contributed by atoms with Crippen molar-refractivity contribution in [3.63, 3.8) is 0 Å². The van der Waals surface area contributed by atoms with E-state index < -0.39 is 0 Å². The number of methoxy groups -OCH3 is 1. The van der Waals surface area contributed by atoms with Crippen molar-refractivity contribution in [3.8, 4) is 0 Å². The molecule has 0 bridgehead atoms. The Morgan fingerprint density at radius 1 is 1.39 bits per heavy atom. The Morgan fingerprint density at radius 2 is 2.11 bits per heavy atom. The number of hydrogen-bond donors (Lipinski definition) is 1. The number of nitrogens with one attached hydrogen (secondary N) is 1. The summed E-state index contributed by atoms with van der Waals surface area (Å²) >= 11 is 1.57. The first-order valence-corrected chi connectivity index (χ1v) is 7.38. The third-order valence-electron chi connectivity index (χ3n) is 3.23. The molecule has 2 heterocycles. The number of piperidine rings is 1. The van der Waals surface area contributed by atoms with Crippen LogP contribution in [0.1, 0.15) is 12.8 Å². The summed E-state index contributed by atoms with van der Waals surface area (Å²) in [5.74, 6) is 1.88. The van der Waals surface area contributed by atoms with E-state index in [1.54, 1.807) is 18.9 Å². The van der Waals surface area contributed by atoms with Crippen LogP contribution >= 0.6 is 11.8 Å². The van der Waals surface area contributed by atoms with Gasteiger partial charge in [0.05, 0.1) is 6.10 Å². The second kappa shape index (κ2) is 6.24. The molecule has 1 saturated heterocycles. The van der Waals surface area contributed by atoms with Crippen LogP contribution in [-0.4, -0.2) is 49.6 Å². The van der Waals surface area contributed by atoms with Gasteiger partial charge in [-0.15, -0.1) is 0 Å². The molecule has 5 nitrogen and oxygen atoms in total. The SMILES string of the molecule is CNc1cc(N2CCC(OC)CC2)nc(SC)n1. The van der Waals surface area contributed by atoms with Crippen LogP contribution in [-0.2, 0) is 4.74 Å². The van der Waals surface area contributed by atoms with Crippen LogP contribution in [0.3, 0.4) is 0 Å². The lowest BCUT2D eigenvalue weighted by atomic mass is 10.1. The highest BCUT2D eigenvalue weighted by Gasteiger charge is 2.20. The minimum Gasteiger partial charge on any atom is -0.381 e. The van der Waals surface area contributed by atoms with E-state index in [0.29, 0.717) is 6.10 Å². The van der Waals surface area contributed by atoms with Crippen molar-refractivity contribution in [1.82, 2.24) is 9.97 Å². The Balaban J connectivity index is 2.13. The number of thioether (sulfide) groups is 1. The van der Waals surface area contributed by atoms with E-state index in [2.05, 4.69) is 20.2 Å². The maximum Gasteiger partial charge on any atom is 0.191 e. The van der Waals surface area contributed by atoms with Crippen molar-refractivity contribution in [2.24, 2.45) is 0 Å². The van der Waals surface area contributed by atoms with Gasteiger partial charge in [0.1, 0.15) is 11.6 Å². The normalized spacial score (nSPS) is 16.9. The minimum absolute atomic E-state index is 0.395.